The van der Waals surface area contributed by atoms with Gasteiger partial charge in [-0.05, 0) is 18.6 Å². The Balaban J connectivity index is 1.93. The normalized spacial score (nSPS) is 19.1. The first-order chi connectivity index (χ1) is 8.22. The van der Waals surface area contributed by atoms with Crippen molar-refractivity contribution in [1.29, 1.82) is 0 Å². The Hall–Kier alpha value is -1.56. The molecule has 17 heavy (non-hydrogen) atoms. The van der Waals surface area contributed by atoms with Crippen molar-refractivity contribution in [2.75, 3.05) is 25.1 Å². The Labute approximate surface area is 103 Å². The first kappa shape index (κ1) is 11.9. The van der Waals surface area contributed by atoms with Crippen LogP contribution in [0.3, 0.4) is 0 Å². The first-order valence-corrected chi connectivity index (χ1v) is 6.19. The van der Waals surface area contributed by atoms with Crippen molar-refractivity contribution >= 4 is 28.7 Å². The van der Waals surface area contributed by atoms with Crippen LogP contribution < -0.4 is 10.2 Å². The molecule has 5 nitrogen and oxygen atoms in total. The zero-order valence-corrected chi connectivity index (χ0v) is 10.3. The zero-order chi connectivity index (χ0) is 12.3. The molecule has 1 aromatic heterocycles. The molecule has 1 unspecified atom stereocenters. The van der Waals surface area contributed by atoms with Crippen molar-refractivity contribution < 1.29 is 14.3 Å². The van der Waals surface area contributed by atoms with Crippen LogP contribution in [0.4, 0.5) is 9.80 Å². The molecule has 1 aliphatic heterocycles. The average Bonchev–Trinajstić information content (AvgIpc) is 2.96. The van der Waals surface area contributed by atoms with Crippen LogP contribution in [0.5, 0.6) is 0 Å². The van der Waals surface area contributed by atoms with Gasteiger partial charge in [0.25, 0.3) is 0 Å². The molecule has 0 aromatic carbocycles. The summed E-state index contributed by atoms with van der Waals surface area (Å²) in [7, 11) is 1.36. The maximum absolute atomic E-state index is 11.1. The largest absolute Gasteiger partial charge is 0.453 e. The van der Waals surface area contributed by atoms with Crippen LogP contribution in [0.15, 0.2) is 12.1 Å². The lowest BCUT2D eigenvalue weighted by Crippen LogP contribution is -2.36. The van der Waals surface area contributed by atoms with Crippen molar-refractivity contribution in [1.82, 2.24) is 5.32 Å². The molecule has 1 saturated heterocycles. The molecule has 6 heteroatoms. The van der Waals surface area contributed by atoms with E-state index >= 15 is 0 Å². The Morgan fingerprint density at radius 2 is 2.47 bits per heavy atom. The topological polar surface area (TPSA) is 58.6 Å². The predicted molar refractivity (Wildman–Crippen MR) is 65.9 cm³/mol. The summed E-state index contributed by atoms with van der Waals surface area (Å²) in [5, 5.41) is 3.85. The smallest absolute Gasteiger partial charge is 0.407 e. The van der Waals surface area contributed by atoms with Crippen LogP contribution in [-0.2, 0) is 4.74 Å². The molecule has 1 aliphatic rings. The molecule has 92 valence electrons. The summed E-state index contributed by atoms with van der Waals surface area (Å²) in [5.41, 5.74) is 0. The zero-order valence-electron chi connectivity index (χ0n) is 9.51. The molecule has 1 fully saturated rings. The maximum atomic E-state index is 11.1. The maximum Gasteiger partial charge on any atom is 0.407 e. The fourth-order valence-electron chi connectivity index (χ4n) is 1.88. The van der Waals surface area contributed by atoms with Crippen LogP contribution >= 0.6 is 11.3 Å². The van der Waals surface area contributed by atoms with E-state index in [0.717, 1.165) is 35.7 Å². The quantitative estimate of drug-likeness (QED) is 0.830. The fourth-order valence-corrected chi connectivity index (χ4v) is 2.74. The molecule has 2 heterocycles. The van der Waals surface area contributed by atoms with Gasteiger partial charge in [-0.15, -0.1) is 11.3 Å². The molecular formula is C11H14N2O3S. The lowest BCUT2D eigenvalue weighted by Gasteiger charge is -2.16. The van der Waals surface area contributed by atoms with E-state index in [0.29, 0.717) is 0 Å². The molecule has 0 radical (unpaired) electrons. The van der Waals surface area contributed by atoms with Crippen LogP contribution in [0.1, 0.15) is 16.1 Å². The van der Waals surface area contributed by atoms with Gasteiger partial charge < -0.3 is 15.0 Å². The van der Waals surface area contributed by atoms with Gasteiger partial charge in [0.2, 0.25) is 0 Å². The molecule has 0 spiro atoms. The summed E-state index contributed by atoms with van der Waals surface area (Å²) >= 11 is 1.47. The minimum Gasteiger partial charge on any atom is -0.453 e. The van der Waals surface area contributed by atoms with Crippen LogP contribution in [0.2, 0.25) is 0 Å². The van der Waals surface area contributed by atoms with Gasteiger partial charge >= 0.3 is 6.09 Å². The molecule has 1 N–H and O–H groups in total. The van der Waals surface area contributed by atoms with Gasteiger partial charge in [-0.2, -0.15) is 0 Å². The van der Waals surface area contributed by atoms with Gasteiger partial charge in [-0.1, -0.05) is 0 Å². The lowest BCUT2D eigenvalue weighted by atomic mass is 10.3. The Morgan fingerprint density at radius 3 is 3.12 bits per heavy atom. The van der Waals surface area contributed by atoms with Gasteiger partial charge in [0, 0.05) is 13.1 Å². The molecule has 0 bridgehead atoms. The third-order valence-corrected chi connectivity index (χ3v) is 3.81. The van der Waals surface area contributed by atoms with E-state index < -0.39 is 6.09 Å². The second kappa shape index (κ2) is 5.18. The number of carbonyl (C=O) groups is 2. The number of methoxy groups -OCH3 is 1. The second-order valence-corrected chi connectivity index (χ2v) is 4.96. The molecule has 1 amide bonds. The number of alkyl carbamates (subject to hydrolysis) is 1. The monoisotopic (exact) mass is 254 g/mol. The predicted octanol–water partition coefficient (Wildman–Crippen LogP) is 1.50. The lowest BCUT2D eigenvalue weighted by molar-refractivity contribution is 0.112. The number of carbonyl (C=O) groups excluding carboxylic acids is 2. The number of hydrogen-bond acceptors (Lipinski definition) is 5. The number of nitrogens with one attached hydrogen (secondary N) is 1. The number of nitrogens with zero attached hydrogens (tertiary/aromatic N) is 1. The number of ether oxygens (including phenoxy) is 1. The van der Waals surface area contributed by atoms with Crippen molar-refractivity contribution in [2.24, 2.45) is 0 Å². The Bertz CT molecular complexity index is 419. The summed E-state index contributed by atoms with van der Waals surface area (Å²) in [4.78, 5) is 24.6. The summed E-state index contributed by atoms with van der Waals surface area (Å²) in [6.07, 6.45) is 1.36. The van der Waals surface area contributed by atoms with Crippen molar-refractivity contribution in [3.8, 4) is 0 Å². The number of aldehydes is 1. The van der Waals surface area contributed by atoms with E-state index in [1.807, 2.05) is 12.1 Å². The number of rotatable bonds is 3. The minimum absolute atomic E-state index is 0.115. The first-order valence-electron chi connectivity index (χ1n) is 5.37. The van der Waals surface area contributed by atoms with E-state index in [4.69, 9.17) is 0 Å². The number of amides is 1. The Kier molecular flexibility index (Phi) is 3.63. The number of thiophene rings is 1. The summed E-state index contributed by atoms with van der Waals surface area (Å²) in [5.74, 6) is 0. The second-order valence-electron chi connectivity index (χ2n) is 3.86. The number of anilines is 1. The molecule has 2 rings (SSSR count). The van der Waals surface area contributed by atoms with Gasteiger partial charge in [-0.3, -0.25) is 4.79 Å². The highest BCUT2D eigenvalue weighted by molar-refractivity contribution is 7.17. The summed E-state index contributed by atoms with van der Waals surface area (Å²) < 4.78 is 4.56. The third-order valence-electron chi connectivity index (χ3n) is 2.74. The summed E-state index contributed by atoms with van der Waals surface area (Å²) in [6, 6.07) is 3.87. The SMILES string of the molecule is COC(=O)NC1CCN(c2ccc(C=O)s2)C1. The average molecular weight is 254 g/mol. The van der Waals surface area contributed by atoms with Crippen molar-refractivity contribution in [3.63, 3.8) is 0 Å². The highest BCUT2D eigenvalue weighted by Gasteiger charge is 2.25. The standard InChI is InChI=1S/C11H14N2O3S/c1-16-11(15)12-8-4-5-13(6-8)10-3-2-9(7-14)17-10/h2-3,7-8H,4-6H2,1H3,(H,12,15). The molecule has 0 aliphatic carbocycles. The molecular weight excluding hydrogens is 240 g/mol. The van der Waals surface area contributed by atoms with Crippen molar-refractivity contribution in [2.45, 2.75) is 12.5 Å². The van der Waals surface area contributed by atoms with E-state index in [-0.39, 0.29) is 6.04 Å². The highest BCUT2D eigenvalue weighted by Crippen LogP contribution is 2.28. The van der Waals surface area contributed by atoms with Crippen LogP contribution in [0, 0.1) is 0 Å². The van der Waals surface area contributed by atoms with Gasteiger partial charge in [0.15, 0.2) is 6.29 Å². The molecule has 1 aromatic rings. The van der Waals surface area contributed by atoms with E-state index in [2.05, 4.69) is 15.0 Å². The summed E-state index contributed by atoms with van der Waals surface area (Å²) in [6.45, 7) is 1.64. The van der Waals surface area contributed by atoms with E-state index in [9.17, 15) is 9.59 Å². The van der Waals surface area contributed by atoms with E-state index in [1.54, 1.807) is 0 Å². The highest BCUT2D eigenvalue weighted by atomic mass is 32.1. The van der Waals surface area contributed by atoms with Gasteiger partial charge in [-0.25, -0.2) is 4.79 Å². The van der Waals surface area contributed by atoms with Crippen LogP contribution in [0.25, 0.3) is 0 Å². The molecule has 1 atom stereocenters. The number of hydrogen-bond donors (Lipinski definition) is 1. The van der Waals surface area contributed by atoms with Gasteiger partial charge in [0.1, 0.15) is 0 Å². The fraction of sp³-hybridized carbons (Fsp3) is 0.455. The van der Waals surface area contributed by atoms with Crippen molar-refractivity contribution in [3.05, 3.63) is 17.0 Å². The minimum atomic E-state index is -0.392. The van der Waals surface area contributed by atoms with Crippen LogP contribution in [-0.4, -0.2) is 38.6 Å². The van der Waals surface area contributed by atoms with E-state index in [1.165, 1.54) is 18.4 Å². The van der Waals surface area contributed by atoms with Gasteiger partial charge in [0.05, 0.1) is 23.0 Å². The molecule has 0 saturated carbocycles. The third kappa shape index (κ3) is 2.76. The Morgan fingerprint density at radius 1 is 1.65 bits per heavy atom.